The molecule has 0 unspecified atom stereocenters. The summed E-state index contributed by atoms with van der Waals surface area (Å²) in [6, 6.07) is 7.10. The quantitative estimate of drug-likeness (QED) is 0.628. The summed E-state index contributed by atoms with van der Waals surface area (Å²) < 4.78 is 0.235. The summed E-state index contributed by atoms with van der Waals surface area (Å²) in [5, 5.41) is 11.8. The molecule has 0 saturated heterocycles. The number of H-pyrrole nitrogens is 1. The molecule has 1 radical (unpaired) electrons. The van der Waals surface area contributed by atoms with Crippen LogP contribution in [0.4, 0.5) is 0 Å². The van der Waals surface area contributed by atoms with E-state index in [-0.39, 0.29) is 10.7 Å². The van der Waals surface area contributed by atoms with Crippen LogP contribution >= 0.6 is 12.2 Å². The van der Waals surface area contributed by atoms with Gasteiger partial charge in [-0.05, 0) is 24.4 Å². The summed E-state index contributed by atoms with van der Waals surface area (Å²) >= 11 is 4.76. The molecule has 0 bridgehead atoms. The average molecular weight is 177 g/mol. The molecule has 3 nitrogen and oxygen atoms in total. The second kappa shape index (κ2) is 2.57. The van der Waals surface area contributed by atoms with Gasteiger partial charge < -0.3 is 0 Å². The van der Waals surface area contributed by atoms with Crippen LogP contribution < -0.4 is 0 Å². The molecule has 0 aliphatic heterocycles. The van der Waals surface area contributed by atoms with Crippen LogP contribution in [0.2, 0.25) is 0 Å². The Morgan fingerprint density at radius 3 is 2.92 bits per heavy atom. The Hall–Kier alpha value is -1.42. The highest BCUT2D eigenvalue weighted by atomic mass is 32.1. The fraction of sp³-hybridized carbons (Fsp3) is 0. The summed E-state index contributed by atoms with van der Waals surface area (Å²) in [5.74, 6) is -0.175. The van der Waals surface area contributed by atoms with Gasteiger partial charge in [0.2, 0.25) is 0 Å². The van der Waals surface area contributed by atoms with Gasteiger partial charge in [0, 0.05) is 0 Å². The van der Waals surface area contributed by atoms with Crippen LogP contribution in [-0.4, -0.2) is 9.97 Å². The van der Waals surface area contributed by atoms with Gasteiger partial charge in [-0.3, -0.25) is 10.1 Å². The van der Waals surface area contributed by atoms with Crippen molar-refractivity contribution in [3.05, 3.63) is 29.0 Å². The Morgan fingerprint density at radius 1 is 1.33 bits per heavy atom. The number of hydrogen-bond donors (Lipinski definition) is 1. The van der Waals surface area contributed by atoms with Crippen LogP contribution in [0.1, 0.15) is 0 Å². The van der Waals surface area contributed by atoms with Gasteiger partial charge >= 0.3 is 0 Å². The predicted molar refractivity (Wildman–Crippen MR) is 47.1 cm³/mol. The Bertz CT molecular complexity index is 478. The van der Waals surface area contributed by atoms with Crippen LogP contribution in [0.5, 0.6) is 5.88 Å². The molecule has 1 aromatic carbocycles. The third-order valence-electron chi connectivity index (χ3n) is 1.59. The molecular formula is C8H5N2OS. The molecule has 0 atom stereocenters. The summed E-state index contributed by atoms with van der Waals surface area (Å²) in [5.41, 5.74) is 0.645. The van der Waals surface area contributed by atoms with Gasteiger partial charge in [0.15, 0.2) is 4.77 Å². The lowest BCUT2D eigenvalue weighted by Crippen LogP contribution is -1.83. The van der Waals surface area contributed by atoms with Gasteiger partial charge in [0.05, 0.1) is 10.9 Å². The molecule has 0 aliphatic carbocycles. The average Bonchev–Trinajstić information content (AvgIpc) is 2.04. The van der Waals surface area contributed by atoms with E-state index in [1.165, 1.54) is 0 Å². The maximum absolute atomic E-state index is 11.2. The monoisotopic (exact) mass is 177 g/mol. The molecule has 0 aliphatic rings. The molecule has 12 heavy (non-hydrogen) atoms. The van der Waals surface area contributed by atoms with Gasteiger partial charge in [-0.25, -0.2) is 4.98 Å². The number of hydrogen-bond acceptors (Lipinski definition) is 2. The molecule has 1 aromatic heterocycles. The van der Waals surface area contributed by atoms with Gasteiger partial charge in [-0.15, -0.1) is 0 Å². The van der Waals surface area contributed by atoms with Gasteiger partial charge in [0.1, 0.15) is 0 Å². The van der Waals surface area contributed by atoms with Gasteiger partial charge in [-0.2, -0.15) is 0 Å². The maximum Gasteiger partial charge on any atom is 0.259 e. The highest BCUT2D eigenvalue weighted by Crippen LogP contribution is 2.19. The van der Waals surface area contributed by atoms with E-state index in [4.69, 9.17) is 12.2 Å². The van der Waals surface area contributed by atoms with E-state index in [1.807, 2.05) is 6.07 Å². The third kappa shape index (κ3) is 1.06. The van der Waals surface area contributed by atoms with E-state index in [0.717, 1.165) is 0 Å². The smallest absolute Gasteiger partial charge is 0.259 e. The molecule has 0 amide bonds. The van der Waals surface area contributed by atoms with Crippen molar-refractivity contribution in [2.75, 3.05) is 0 Å². The summed E-state index contributed by atoms with van der Waals surface area (Å²) in [7, 11) is 0. The van der Waals surface area contributed by atoms with E-state index < -0.39 is 0 Å². The number of para-hydroxylation sites is 1. The fourth-order valence-corrected chi connectivity index (χ4v) is 1.26. The van der Waals surface area contributed by atoms with Crippen LogP contribution in [0.3, 0.4) is 0 Å². The van der Waals surface area contributed by atoms with E-state index in [1.54, 1.807) is 18.2 Å². The molecule has 0 fully saturated rings. The van der Waals surface area contributed by atoms with Crippen molar-refractivity contribution in [3.63, 3.8) is 0 Å². The predicted octanol–water partition coefficient (Wildman–Crippen LogP) is 2.44. The molecule has 1 N–H and O–H groups in total. The Balaban J connectivity index is 2.99. The largest absolute Gasteiger partial charge is 0.297 e. The molecule has 4 heteroatoms. The number of nitrogens with zero attached hydrogens (tertiary/aromatic N) is 1. The lowest BCUT2D eigenvalue weighted by Gasteiger charge is -1.95. The molecule has 59 valence electrons. The van der Waals surface area contributed by atoms with E-state index in [2.05, 4.69) is 9.97 Å². The minimum Gasteiger partial charge on any atom is -0.297 e. The highest BCUT2D eigenvalue weighted by molar-refractivity contribution is 7.71. The van der Waals surface area contributed by atoms with Crippen molar-refractivity contribution >= 4 is 23.1 Å². The maximum atomic E-state index is 11.2. The number of rotatable bonds is 0. The topological polar surface area (TPSA) is 48.6 Å². The standard InChI is InChI=1S/C8H5N2OS/c11-7-5-3-1-2-4-6(5)9-8(12)10-7/h1-4H,(H,9,10,12). The summed E-state index contributed by atoms with van der Waals surface area (Å²) in [4.78, 5) is 6.46. The summed E-state index contributed by atoms with van der Waals surface area (Å²) in [6.07, 6.45) is 0. The van der Waals surface area contributed by atoms with Gasteiger partial charge in [0.25, 0.3) is 5.88 Å². The van der Waals surface area contributed by atoms with Crippen LogP contribution in [0.25, 0.3) is 10.9 Å². The lowest BCUT2D eigenvalue weighted by atomic mass is 10.2. The molecule has 2 rings (SSSR count). The first-order valence-corrected chi connectivity index (χ1v) is 3.84. The Kier molecular flexibility index (Phi) is 1.55. The first-order chi connectivity index (χ1) is 5.77. The van der Waals surface area contributed by atoms with Crippen LogP contribution in [0.15, 0.2) is 24.3 Å². The zero-order chi connectivity index (χ0) is 8.55. The van der Waals surface area contributed by atoms with E-state index >= 15 is 0 Å². The van der Waals surface area contributed by atoms with Crippen molar-refractivity contribution < 1.29 is 5.11 Å². The second-order valence-electron chi connectivity index (χ2n) is 2.39. The SMILES string of the molecule is [O]c1[nH]c(=S)nc2ccccc12. The first-order valence-electron chi connectivity index (χ1n) is 3.43. The third-order valence-corrected chi connectivity index (χ3v) is 1.78. The van der Waals surface area contributed by atoms with Crippen molar-refractivity contribution in [2.45, 2.75) is 0 Å². The number of nitrogens with one attached hydrogen (secondary N) is 1. The number of benzene rings is 1. The number of aromatic nitrogens is 2. The molecule has 0 spiro atoms. The van der Waals surface area contributed by atoms with E-state index in [9.17, 15) is 5.11 Å². The van der Waals surface area contributed by atoms with Crippen LogP contribution in [-0.2, 0) is 5.11 Å². The minimum atomic E-state index is -0.175. The minimum absolute atomic E-state index is 0.175. The normalized spacial score (nSPS) is 10.3. The molecular weight excluding hydrogens is 172 g/mol. The van der Waals surface area contributed by atoms with Crippen LogP contribution in [0, 0.1) is 4.77 Å². The second-order valence-corrected chi connectivity index (χ2v) is 2.77. The van der Waals surface area contributed by atoms with Crippen molar-refractivity contribution in [3.8, 4) is 5.88 Å². The number of fused-ring (bicyclic) bond motifs is 1. The Morgan fingerprint density at radius 2 is 2.08 bits per heavy atom. The van der Waals surface area contributed by atoms with Crippen molar-refractivity contribution in [1.29, 1.82) is 0 Å². The molecule has 2 aromatic rings. The van der Waals surface area contributed by atoms with Gasteiger partial charge in [-0.1, -0.05) is 12.1 Å². The highest BCUT2D eigenvalue weighted by Gasteiger charge is 2.00. The molecule has 0 saturated carbocycles. The van der Waals surface area contributed by atoms with E-state index in [0.29, 0.717) is 10.9 Å². The first kappa shape index (κ1) is 7.24. The zero-order valence-electron chi connectivity index (χ0n) is 6.07. The Labute approximate surface area is 73.7 Å². The van der Waals surface area contributed by atoms with Crippen molar-refractivity contribution in [1.82, 2.24) is 9.97 Å². The number of aromatic amines is 1. The zero-order valence-corrected chi connectivity index (χ0v) is 6.89. The lowest BCUT2D eigenvalue weighted by molar-refractivity contribution is 0.342. The summed E-state index contributed by atoms with van der Waals surface area (Å²) in [6.45, 7) is 0. The fourth-order valence-electron chi connectivity index (χ4n) is 1.06. The molecule has 1 heterocycles. The van der Waals surface area contributed by atoms with Crippen molar-refractivity contribution in [2.24, 2.45) is 0 Å².